The molecular weight excluding hydrogens is 224 g/mol. The Morgan fingerprint density at radius 3 is 2.00 bits per heavy atom. The van der Waals surface area contributed by atoms with Crippen LogP contribution in [0.3, 0.4) is 0 Å². The first kappa shape index (κ1) is 18.6. The van der Waals surface area contributed by atoms with Gasteiger partial charge in [0.1, 0.15) is 6.29 Å². The summed E-state index contributed by atoms with van der Waals surface area (Å²) in [4.78, 5) is 9.87. The van der Waals surface area contributed by atoms with Crippen molar-refractivity contribution in [3.63, 3.8) is 0 Å². The number of carbonyl (C=O) groups is 1. The molecule has 0 N–H and O–H groups in total. The predicted octanol–water partition coefficient (Wildman–Crippen LogP) is 1.47. The first-order chi connectivity index (χ1) is 6.43. The molecule has 0 amide bonds. The van der Waals surface area contributed by atoms with E-state index in [-0.39, 0.29) is 17.1 Å². The van der Waals surface area contributed by atoms with Gasteiger partial charge in [0.2, 0.25) is 0 Å². The molecular formula is C10H8FeO3+4. The van der Waals surface area contributed by atoms with Crippen LogP contribution in [0.15, 0.2) is 24.3 Å². The van der Waals surface area contributed by atoms with Crippen LogP contribution in [0, 0.1) is 19.7 Å². The summed E-state index contributed by atoms with van der Waals surface area (Å²) in [5, 5.41) is 0. The molecule has 0 aliphatic carbocycles. The van der Waals surface area contributed by atoms with Crippen LogP contribution in [0.2, 0.25) is 0 Å². The van der Waals surface area contributed by atoms with Crippen molar-refractivity contribution >= 4 is 6.29 Å². The summed E-state index contributed by atoms with van der Waals surface area (Å²) >= 11 is 0. The maximum Gasteiger partial charge on any atom is 6.00 e. The van der Waals surface area contributed by atoms with Crippen molar-refractivity contribution in [2.75, 3.05) is 0 Å². The summed E-state index contributed by atoms with van der Waals surface area (Å²) < 4.78 is 15.0. The van der Waals surface area contributed by atoms with Gasteiger partial charge in [-0.1, -0.05) is 0 Å². The Labute approximate surface area is 93.8 Å². The topological polar surface area (TPSA) is 56.9 Å². The Balaban J connectivity index is -0.000000216. The molecule has 0 radical (unpaired) electrons. The Morgan fingerprint density at radius 1 is 1.21 bits per heavy atom. The number of carbonyl (C=O) groups excluding carboxylic acids is 1. The van der Waals surface area contributed by atoms with Gasteiger partial charge in [-0.15, -0.1) is 0 Å². The normalized spacial score (nSPS) is 6.00. The van der Waals surface area contributed by atoms with Crippen molar-refractivity contribution in [1.82, 2.24) is 0 Å². The quantitative estimate of drug-likeness (QED) is 0.337. The number of hydrogen-bond acceptors (Lipinski definition) is 1. The zero-order chi connectivity index (χ0) is 10.5. The van der Waals surface area contributed by atoms with Crippen molar-refractivity contribution in [2.24, 2.45) is 0 Å². The fourth-order valence-corrected chi connectivity index (χ4v) is 0.709. The van der Waals surface area contributed by atoms with Crippen molar-refractivity contribution in [2.45, 2.75) is 6.42 Å². The largest absolute Gasteiger partial charge is 6.00 e. The summed E-state index contributed by atoms with van der Waals surface area (Å²) in [6, 6.07) is 7.86. The van der Waals surface area contributed by atoms with Gasteiger partial charge >= 0.3 is 39.7 Å². The van der Waals surface area contributed by atoms with Gasteiger partial charge in [-0.2, -0.15) is 0 Å². The van der Waals surface area contributed by atoms with E-state index in [1.165, 1.54) is 0 Å². The monoisotopic (exact) mass is 232 g/mol. The van der Waals surface area contributed by atoms with Gasteiger partial charge in [0.25, 0.3) is 0 Å². The molecule has 0 bridgehead atoms. The van der Waals surface area contributed by atoms with E-state index < -0.39 is 0 Å². The van der Waals surface area contributed by atoms with Crippen molar-refractivity contribution in [3.05, 3.63) is 49.6 Å². The molecule has 14 heavy (non-hydrogen) atoms. The summed E-state index contributed by atoms with van der Waals surface area (Å²) in [6.45, 7) is 9.00. The van der Waals surface area contributed by atoms with Crippen molar-refractivity contribution < 1.29 is 31.2 Å². The second-order valence-electron chi connectivity index (χ2n) is 1.82. The van der Waals surface area contributed by atoms with E-state index in [0.29, 0.717) is 6.42 Å². The van der Waals surface area contributed by atoms with Gasteiger partial charge in [-0.05, 0) is 6.42 Å². The molecule has 0 aliphatic rings. The van der Waals surface area contributed by atoms with Gasteiger partial charge in [-0.25, -0.2) is 6.42 Å². The average Bonchev–Trinajstić information content (AvgIpc) is 2.73. The second-order valence-corrected chi connectivity index (χ2v) is 1.82. The maximum atomic E-state index is 9.87. The molecule has 0 fully saturated rings. The molecule has 70 valence electrons. The van der Waals surface area contributed by atoms with E-state index in [4.69, 9.17) is 9.30 Å². The predicted molar refractivity (Wildman–Crippen MR) is 44.0 cm³/mol. The summed E-state index contributed by atoms with van der Waals surface area (Å²) in [6.07, 6.45) is 3.31. The third-order valence-electron chi connectivity index (χ3n) is 1.14. The van der Waals surface area contributed by atoms with Crippen LogP contribution in [-0.4, -0.2) is 6.29 Å². The minimum Gasteiger partial charge on any atom is 6.00 e. The van der Waals surface area contributed by atoms with Crippen LogP contribution >= 0.6 is 0 Å². The van der Waals surface area contributed by atoms with Crippen LogP contribution < -0.4 is 0 Å². The van der Waals surface area contributed by atoms with E-state index in [9.17, 15) is 4.79 Å². The van der Waals surface area contributed by atoms with Crippen LogP contribution in [0.4, 0.5) is 0 Å². The third-order valence-corrected chi connectivity index (χ3v) is 1.14. The van der Waals surface area contributed by atoms with Gasteiger partial charge in [-0.3, -0.25) is 24.3 Å². The molecule has 0 saturated heterocycles. The minimum absolute atomic E-state index is 0. The fourth-order valence-electron chi connectivity index (χ4n) is 0.709. The third kappa shape index (κ3) is 10.9. The minimum atomic E-state index is 0. The summed E-state index contributed by atoms with van der Waals surface area (Å²) in [5.74, 6) is 0. The zero-order valence-electron chi connectivity index (χ0n) is 7.25. The molecule has 0 atom stereocenters. The van der Waals surface area contributed by atoms with Crippen molar-refractivity contribution in [3.8, 4) is 0 Å². The second kappa shape index (κ2) is 17.8. The molecule has 0 unspecified atom stereocenters. The molecule has 1 aromatic carbocycles. The maximum absolute atomic E-state index is 9.87. The van der Waals surface area contributed by atoms with E-state index in [1.54, 1.807) is 0 Å². The number of aldehydes is 1. The van der Waals surface area contributed by atoms with Gasteiger partial charge in [0, 0.05) is 0 Å². The molecule has 0 aromatic heterocycles. The Bertz CT molecular complexity index is 230. The molecule has 4 heteroatoms. The standard InChI is InChI=1S/C8H8O.2CO.Fe/c9-7-3-6-8-4-1-2-5-8;2*1-2;/h1-2,4-7H,3H2;;;/q-2;;;+6. The Morgan fingerprint density at radius 2 is 1.64 bits per heavy atom. The molecule has 0 saturated carbocycles. The Kier molecular flexibility index (Phi) is 23.7. The number of rotatable bonds is 3. The molecule has 0 heterocycles. The zero-order valence-corrected chi connectivity index (χ0v) is 8.35. The van der Waals surface area contributed by atoms with E-state index in [1.807, 2.05) is 30.7 Å². The van der Waals surface area contributed by atoms with Crippen LogP contribution in [-0.2, 0) is 31.2 Å². The van der Waals surface area contributed by atoms with E-state index in [2.05, 4.69) is 13.3 Å². The fraction of sp³-hybridized carbons (Fsp3) is 0.100. The van der Waals surface area contributed by atoms with Gasteiger partial charge in [0.05, 0.1) is 0 Å². The first-order valence-corrected chi connectivity index (χ1v) is 3.33. The molecule has 1 rings (SSSR count). The van der Waals surface area contributed by atoms with Crippen LogP contribution in [0.1, 0.15) is 12.0 Å². The number of hydrogen-bond donors (Lipinski definition) is 0. The van der Waals surface area contributed by atoms with Crippen LogP contribution in [0.5, 0.6) is 0 Å². The average molecular weight is 232 g/mol. The molecule has 0 spiro atoms. The molecule has 1 aromatic rings. The van der Waals surface area contributed by atoms with E-state index >= 15 is 0 Å². The SMILES string of the molecule is O=CC[CH-][c-]1cccc1.[C-]#[O+].[C-]#[O+].[Fe+6]. The molecule has 3 nitrogen and oxygen atoms in total. The Hall–Kier alpha value is -1.11. The first-order valence-electron chi connectivity index (χ1n) is 3.33. The van der Waals surface area contributed by atoms with Gasteiger partial charge < -0.3 is 10.4 Å². The van der Waals surface area contributed by atoms with Crippen molar-refractivity contribution in [1.29, 1.82) is 0 Å². The summed E-state index contributed by atoms with van der Waals surface area (Å²) in [5.41, 5.74) is 1.13. The van der Waals surface area contributed by atoms with E-state index in [0.717, 1.165) is 11.8 Å². The van der Waals surface area contributed by atoms with Crippen LogP contribution in [0.25, 0.3) is 0 Å². The summed E-state index contributed by atoms with van der Waals surface area (Å²) in [7, 11) is 0. The smallest absolute Gasteiger partial charge is 6.00 e. The molecule has 0 aliphatic heterocycles. The van der Waals surface area contributed by atoms with Gasteiger partial charge in [0.15, 0.2) is 0 Å².